The Balaban J connectivity index is 2.13. The summed E-state index contributed by atoms with van der Waals surface area (Å²) in [7, 11) is 0. The fourth-order valence-electron chi connectivity index (χ4n) is 1.75. The third-order valence-electron chi connectivity index (χ3n) is 2.74. The van der Waals surface area contributed by atoms with Crippen molar-refractivity contribution < 1.29 is 18.3 Å². The molecule has 20 heavy (non-hydrogen) atoms. The molecule has 2 aromatic rings. The zero-order valence-electron chi connectivity index (χ0n) is 10.6. The van der Waals surface area contributed by atoms with Gasteiger partial charge in [0, 0.05) is 5.02 Å². The van der Waals surface area contributed by atoms with Crippen LogP contribution in [-0.2, 0) is 0 Å². The first-order chi connectivity index (χ1) is 9.49. The molecule has 104 valence electrons. The lowest BCUT2D eigenvalue weighted by atomic mass is 10.1. The number of halogens is 3. The number of hydrogen-bond donors (Lipinski definition) is 0. The van der Waals surface area contributed by atoms with E-state index in [1.807, 2.05) is 0 Å². The van der Waals surface area contributed by atoms with Gasteiger partial charge in [-0.2, -0.15) is 0 Å². The van der Waals surface area contributed by atoms with Crippen molar-refractivity contribution in [2.45, 2.75) is 6.92 Å². The molecule has 2 rings (SSSR count). The number of ketones is 1. The highest BCUT2D eigenvalue weighted by molar-refractivity contribution is 6.30. The highest BCUT2D eigenvalue weighted by Crippen LogP contribution is 2.22. The van der Waals surface area contributed by atoms with E-state index in [-0.39, 0.29) is 0 Å². The maximum Gasteiger partial charge on any atom is 0.206 e. The van der Waals surface area contributed by atoms with E-state index in [0.29, 0.717) is 10.8 Å². The van der Waals surface area contributed by atoms with Crippen LogP contribution >= 0.6 is 11.6 Å². The van der Waals surface area contributed by atoms with E-state index in [0.717, 1.165) is 17.7 Å². The maximum absolute atomic E-state index is 13.4. The second-order valence-electron chi connectivity index (χ2n) is 4.22. The highest BCUT2D eigenvalue weighted by Gasteiger charge is 2.17. The lowest BCUT2D eigenvalue weighted by molar-refractivity contribution is 0.0912. The van der Waals surface area contributed by atoms with Gasteiger partial charge in [0.25, 0.3) is 0 Å². The van der Waals surface area contributed by atoms with Gasteiger partial charge in [-0.25, -0.2) is 8.78 Å². The predicted molar refractivity (Wildman–Crippen MR) is 72.4 cm³/mol. The van der Waals surface area contributed by atoms with Crippen molar-refractivity contribution in [2.24, 2.45) is 0 Å². The fourth-order valence-corrected chi connectivity index (χ4v) is 1.98. The summed E-state index contributed by atoms with van der Waals surface area (Å²) in [5.41, 5.74) is 0.151. The molecule has 0 bridgehead atoms. The Hall–Kier alpha value is -1.94. The molecule has 0 unspecified atom stereocenters. The van der Waals surface area contributed by atoms with Crippen LogP contribution in [0.15, 0.2) is 36.4 Å². The molecule has 0 amide bonds. The van der Waals surface area contributed by atoms with Crippen LogP contribution in [0.2, 0.25) is 5.02 Å². The predicted octanol–water partition coefficient (Wildman–Crippen LogP) is 4.19. The van der Waals surface area contributed by atoms with Gasteiger partial charge in [-0.1, -0.05) is 17.7 Å². The molecule has 0 N–H and O–H groups in total. The van der Waals surface area contributed by atoms with Gasteiger partial charge in [0.05, 0.1) is 5.56 Å². The van der Waals surface area contributed by atoms with Crippen LogP contribution < -0.4 is 4.74 Å². The molecule has 0 aromatic heterocycles. The van der Waals surface area contributed by atoms with E-state index in [4.69, 9.17) is 16.3 Å². The lowest BCUT2D eigenvalue weighted by Crippen LogP contribution is -2.15. The summed E-state index contributed by atoms with van der Waals surface area (Å²) >= 11 is 5.80. The van der Waals surface area contributed by atoms with Crippen LogP contribution in [-0.4, -0.2) is 12.4 Å². The van der Waals surface area contributed by atoms with E-state index in [9.17, 15) is 13.6 Å². The van der Waals surface area contributed by atoms with E-state index in [1.165, 1.54) is 6.07 Å². The number of Topliss-reactive ketones (excluding diaryl/α,β-unsaturated/α-hetero) is 1. The monoisotopic (exact) mass is 296 g/mol. The quantitative estimate of drug-likeness (QED) is 0.791. The summed E-state index contributed by atoms with van der Waals surface area (Å²) in [4.78, 5) is 11.8. The average Bonchev–Trinajstić information content (AvgIpc) is 2.37. The normalized spacial score (nSPS) is 10.4. The minimum Gasteiger partial charge on any atom is -0.485 e. The molecular weight excluding hydrogens is 286 g/mol. The van der Waals surface area contributed by atoms with Crippen molar-refractivity contribution in [3.05, 3.63) is 64.2 Å². The van der Waals surface area contributed by atoms with Gasteiger partial charge in [-0.15, -0.1) is 0 Å². The molecule has 0 spiro atoms. The molecular formula is C15H11ClF2O2. The molecule has 0 fully saturated rings. The average molecular weight is 297 g/mol. The standard InChI is InChI=1S/C15H11ClF2O2/c1-9-7-10(16)5-6-14(9)20-8-13(19)15-11(17)3-2-4-12(15)18/h2-7H,8H2,1H3. The smallest absolute Gasteiger partial charge is 0.206 e. The molecule has 2 aromatic carbocycles. The number of carbonyl (C=O) groups is 1. The molecule has 0 radical (unpaired) electrons. The molecule has 2 nitrogen and oxygen atoms in total. The van der Waals surface area contributed by atoms with Crippen molar-refractivity contribution in [2.75, 3.05) is 6.61 Å². The summed E-state index contributed by atoms with van der Waals surface area (Å²) in [5, 5.41) is 0.543. The number of rotatable bonds is 4. The van der Waals surface area contributed by atoms with Crippen molar-refractivity contribution in [3.63, 3.8) is 0 Å². The fraction of sp³-hybridized carbons (Fsp3) is 0.133. The Morgan fingerprint density at radius 1 is 1.20 bits per heavy atom. The molecule has 0 saturated heterocycles. The minimum absolute atomic E-state index is 0.444. The van der Waals surface area contributed by atoms with Gasteiger partial charge in [0.2, 0.25) is 5.78 Å². The Bertz CT molecular complexity index is 636. The Morgan fingerprint density at radius 3 is 2.45 bits per heavy atom. The van der Waals surface area contributed by atoms with Crippen LogP contribution in [0.4, 0.5) is 8.78 Å². The minimum atomic E-state index is -0.897. The van der Waals surface area contributed by atoms with E-state index in [2.05, 4.69) is 0 Å². The molecule has 0 aliphatic heterocycles. The molecule has 0 atom stereocenters. The van der Waals surface area contributed by atoms with Crippen LogP contribution in [0.3, 0.4) is 0 Å². The van der Waals surface area contributed by atoms with Crippen LogP contribution in [0, 0.1) is 18.6 Å². The van der Waals surface area contributed by atoms with Crippen LogP contribution in [0.1, 0.15) is 15.9 Å². The number of aryl methyl sites for hydroxylation is 1. The topological polar surface area (TPSA) is 26.3 Å². The molecule has 0 aliphatic rings. The van der Waals surface area contributed by atoms with Gasteiger partial charge in [-0.3, -0.25) is 4.79 Å². The van der Waals surface area contributed by atoms with Crippen molar-refractivity contribution in [1.29, 1.82) is 0 Å². The maximum atomic E-state index is 13.4. The summed E-state index contributed by atoms with van der Waals surface area (Å²) in [5.74, 6) is -2.10. The summed E-state index contributed by atoms with van der Waals surface area (Å²) < 4.78 is 32.1. The second-order valence-corrected chi connectivity index (χ2v) is 4.65. The Morgan fingerprint density at radius 2 is 1.85 bits per heavy atom. The van der Waals surface area contributed by atoms with Gasteiger partial charge in [-0.05, 0) is 42.8 Å². The van der Waals surface area contributed by atoms with Gasteiger partial charge in [0.1, 0.15) is 17.4 Å². The number of carbonyl (C=O) groups excluding carboxylic acids is 1. The Kier molecular flexibility index (Phi) is 4.35. The van der Waals surface area contributed by atoms with Gasteiger partial charge in [0.15, 0.2) is 6.61 Å². The summed E-state index contributed by atoms with van der Waals surface area (Å²) in [6.45, 7) is 1.32. The first-order valence-electron chi connectivity index (χ1n) is 5.85. The third-order valence-corrected chi connectivity index (χ3v) is 2.97. The van der Waals surface area contributed by atoms with Crippen LogP contribution in [0.25, 0.3) is 0 Å². The van der Waals surface area contributed by atoms with E-state index < -0.39 is 29.6 Å². The SMILES string of the molecule is Cc1cc(Cl)ccc1OCC(=O)c1c(F)cccc1F. The second kappa shape index (κ2) is 6.01. The highest BCUT2D eigenvalue weighted by atomic mass is 35.5. The summed E-state index contributed by atoms with van der Waals surface area (Å²) in [6.07, 6.45) is 0. The van der Waals surface area contributed by atoms with Gasteiger partial charge >= 0.3 is 0 Å². The van der Waals surface area contributed by atoms with E-state index in [1.54, 1.807) is 25.1 Å². The lowest BCUT2D eigenvalue weighted by Gasteiger charge is -2.09. The van der Waals surface area contributed by atoms with E-state index >= 15 is 0 Å². The van der Waals surface area contributed by atoms with Crippen molar-refractivity contribution in [1.82, 2.24) is 0 Å². The third kappa shape index (κ3) is 3.14. The van der Waals surface area contributed by atoms with Crippen molar-refractivity contribution >= 4 is 17.4 Å². The van der Waals surface area contributed by atoms with Crippen molar-refractivity contribution in [3.8, 4) is 5.75 Å². The zero-order valence-corrected chi connectivity index (χ0v) is 11.4. The number of ether oxygens (including phenoxy) is 1. The molecule has 0 heterocycles. The number of hydrogen-bond acceptors (Lipinski definition) is 2. The first-order valence-corrected chi connectivity index (χ1v) is 6.23. The zero-order chi connectivity index (χ0) is 14.7. The molecule has 0 aliphatic carbocycles. The Labute approximate surface area is 119 Å². The molecule has 5 heteroatoms. The molecule has 0 saturated carbocycles. The summed E-state index contributed by atoms with van der Waals surface area (Å²) in [6, 6.07) is 8.14. The van der Waals surface area contributed by atoms with Gasteiger partial charge < -0.3 is 4.74 Å². The largest absolute Gasteiger partial charge is 0.485 e. The number of benzene rings is 2. The van der Waals surface area contributed by atoms with Crippen LogP contribution in [0.5, 0.6) is 5.75 Å². The first kappa shape index (κ1) is 14.5.